The Morgan fingerprint density at radius 3 is 2.35 bits per heavy atom. The summed E-state index contributed by atoms with van der Waals surface area (Å²) < 4.78 is 7.00. The third-order valence-corrected chi connectivity index (χ3v) is 2.83. The first-order valence-corrected chi connectivity index (χ1v) is 6.20. The highest BCUT2D eigenvalue weighted by atomic mass is 16.5. The molecule has 0 amide bonds. The van der Waals surface area contributed by atoms with Gasteiger partial charge in [0.15, 0.2) is 0 Å². The molecule has 2 aromatic carbocycles. The van der Waals surface area contributed by atoms with E-state index >= 15 is 0 Å². The van der Waals surface area contributed by atoms with E-state index in [1.807, 2.05) is 42.6 Å². The number of rotatable bonds is 3. The number of aromatic nitrogens is 2. The van der Waals surface area contributed by atoms with Crippen molar-refractivity contribution in [1.29, 1.82) is 0 Å². The fraction of sp³-hybridized carbons (Fsp3) is 0. The number of ether oxygens (including phenoxy) is 1. The van der Waals surface area contributed by atoms with Crippen LogP contribution in [0, 0.1) is 0 Å². The molecule has 4 heteroatoms. The van der Waals surface area contributed by atoms with Gasteiger partial charge in [0.25, 0.3) is 0 Å². The van der Waals surface area contributed by atoms with E-state index < -0.39 is 0 Å². The van der Waals surface area contributed by atoms with E-state index in [0.29, 0.717) is 11.3 Å². The van der Waals surface area contributed by atoms with Gasteiger partial charge in [-0.3, -0.25) is 0 Å². The summed E-state index contributed by atoms with van der Waals surface area (Å²) in [5.74, 6) is 0.164. The van der Waals surface area contributed by atoms with Crippen LogP contribution in [0.3, 0.4) is 0 Å². The first-order chi connectivity index (χ1) is 9.83. The second kappa shape index (κ2) is 5.40. The van der Waals surface area contributed by atoms with Gasteiger partial charge in [-0.05, 0) is 42.5 Å². The van der Waals surface area contributed by atoms with Crippen molar-refractivity contribution in [3.05, 3.63) is 78.6 Å². The lowest BCUT2D eigenvalue weighted by Crippen LogP contribution is -2.08. The minimum absolute atomic E-state index is 0.372. The highest BCUT2D eigenvalue weighted by Gasteiger charge is 2.08. The Morgan fingerprint density at radius 1 is 0.950 bits per heavy atom. The number of carbonyl (C=O) groups is 1. The van der Waals surface area contributed by atoms with Gasteiger partial charge in [0.1, 0.15) is 5.75 Å². The Labute approximate surface area is 116 Å². The molecule has 0 spiro atoms. The number of carbonyl (C=O) groups excluding carboxylic acids is 1. The zero-order chi connectivity index (χ0) is 13.8. The largest absolute Gasteiger partial charge is 0.423 e. The SMILES string of the molecule is O=C(Oc1ccccc1)c1ccc(-n2cccn2)cc1. The number of nitrogens with zero attached hydrogens (tertiary/aromatic N) is 2. The molecule has 1 heterocycles. The molecule has 0 saturated heterocycles. The average molecular weight is 264 g/mol. The van der Waals surface area contributed by atoms with E-state index in [0.717, 1.165) is 5.69 Å². The molecule has 0 bridgehead atoms. The van der Waals surface area contributed by atoms with Crippen LogP contribution in [-0.4, -0.2) is 15.7 Å². The van der Waals surface area contributed by atoms with Crippen LogP contribution in [0.2, 0.25) is 0 Å². The van der Waals surface area contributed by atoms with Crippen LogP contribution in [0.15, 0.2) is 73.1 Å². The van der Waals surface area contributed by atoms with Crippen LogP contribution < -0.4 is 4.74 Å². The molecule has 0 saturated carbocycles. The molecule has 98 valence electrons. The highest BCUT2D eigenvalue weighted by molar-refractivity contribution is 5.91. The highest BCUT2D eigenvalue weighted by Crippen LogP contribution is 2.13. The molecule has 4 nitrogen and oxygen atoms in total. The molecular formula is C16H12N2O2. The lowest BCUT2D eigenvalue weighted by atomic mass is 10.2. The molecule has 0 aliphatic rings. The number of hydrogen-bond acceptors (Lipinski definition) is 3. The van der Waals surface area contributed by atoms with Gasteiger partial charge in [-0.25, -0.2) is 9.48 Å². The van der Waals surface area contributed by atoms with Gasteiger partial charge in [0.05, 0.1) is 11.3 Å². The summed E-state index contributed by atoms with van der Waals surface area (Å²) in [5.41, 5.74) is 1.40. The maximum atomic E-state index is 12.0. The summed E-state index contributed by atoms with van der Waals surface area (Å²) >= 11 is 0. The second-order valence-electron chi connectivity index (χ2n) is 4.20. The molecule has 20 heavy (non-hydrogen) atoms. The quantitative estimate of drug-likeness (QED) is 0.539. The lowest BCUT2D eigenvalue weighted by Gasteiger charge is -2.05. The van der Waals surface area contributed by atoms with Gasteiger partial charge >= 0.3 is 5.97 Å². The van der Waals surface area contributed by atoms with E-state index in [1.165, 1.54) is 0 Å². The number of benzene rings is 2. The molecule has 0 aliphatic carbocycles. The fourth-order valence-electron chi connectivity index (χ4n) is 1.83. The molecule has 0 atom stereocenters. The van der Waals surface area contributed by atoms with Gasteiger partial charge in [0, 0.05) is 12.4 Å². The van der Waals surface area contributed by atoms with Crippen molar-refractivity contribution in [1.82, 2.24) is 9.78 Å². The summed E-state index contributed by atoms with van der Waals surface area (Å²) in [4.78, 5) is 12.0. The van der Waals surface area contributed by atoms with E-state index in [-0.39, 0.29) is 5.97 Å². The van der Waals surface area contributed by atoms with Crippen LogP contribution >= 0.6 is 0 Å². The molecule has 0 unspecified atom stereocenters. The monoisotopic (exact) mass is 264 g/mol. The lowest BCUT2D eigenvalue weighted by molar-refractivity contribution is 0.0735. The second-order valence-corrected chi connectivity index (χ2v) is 4.20. The Balaban J connectivity index is 1.76. The summed E-state index contributed by atoms with van der Waals surface area (Å²) in [6.45, 7) is 0. The van der Waals surface area contributed by atoms with Crippen LogP contribution in [-0.2, 0) is 0 Å². The van der Waals surface area contributed by atoms with Crippen molar-refractivity contribution in [3.8, 4) is 11.4 Å². The molecule has 3 rings (SSSR count). The Hall–Kier alpha value is -2.88. The van der Waals surface area contributed by atoms with Gasteiger partial charge < -0.3 is 4.74 Å². The Bertz CT molecular complexity index is 689. The van der Waals surface area contributed by atoms with E-state index in [4.69, 9.17) is 4.74 Å². The maximum Gasteiger partial charge on any atom is 0.343 e. The number of para-hydroxylation sites is 1. The molecule has 0 N–H and O–H groups in total. The fourth-order valence-corrected chi connectivity index (χ4v) is 1.83. The van der Waals surface area contributed by atoms with Crippen molar-refractivity contribution >= 4 is 5.97 Å². The molecule has 0 fully saturated rings. The third-order valence-electron chi connectivity index (χ3n) is 2.83. The van der Waals surface area contributed by atoms with Crippen molar-refractivity contribution in [2.75, 3.05) is 0 Å². The summed E-state index contributed by atoms with van der Waals surface area (Å²) in [5, 5.41) is 4.13. The smallest absolute Gasteiger partial charge is 0.343 e. The number of esters is 1. The van der Waals surface area contributed by atoms with Gasteiger partial charge in [-0.15, -0.1) is 0 Å². The van der Waals surface area contributed by atoms with Gasteiger partial charge in [-0.1, -0.05) is 18.2 Å². The normalized spacial score (nSPS) is 10.2. The molecule has 3 aromatic rings. The van der Waals surface area contributed by atoms with Gasteiger partial charge in [-0.2, -0.15) is 5.10 Å². The van der Waals surface area contributed by atoms with E-state index in [1.54, 1.807) is 35.1 Å². The predicted octanol–water partition coefficient (Wildman–Crippen LogP) is 3.09. The minimum Gasteiger partial charge on any atom is -0.423 e. The van der Waals surface area contributed by atoms with Gasteiger partial charge in [0.2, 0.25) is 0 Å². The first-order valence-electron chi connectivity index (χ1n) is 6.20. The number of hydrogen-bond donors (Lipinski definition) is 0. The van der Waals surface area contributed by atoms with Crippen LogP contribution in [0.1, 0.15) is 10.4 Å². The van der Waals surface area contributed by atoms with E-state index in [9.17, 15) is 4.79 Å². The summed E-state index contributed by atoms with van der Waals surface area (Å²) in [7, 11) is 0. The third kappa shape index (κ3) is 2.59. The zero-order valence-corrected chi connectivity index (χ0v) is 10.6. The Kier molecular flexibility index (Phi) is 3.29. The van der Waals surface area contributed by atoms with Crippen LogP contribution in [0.5, 0.6) is 5.75 Å². The molecule has 1 aromatic heterocycles. The predicted molar refractivity (Wildman–Crippen MR) is 75.0 cm³/mol. The Morgan fingerprint density at radius 2 is 1.70 bits per heavy atom. The minimum atomic E-state index is -0.372. The molecule has 0 aliphatic heterocycles. The average Bonchev–Trinajstić information content (AvgIpc) is 3.03. The summed E-state index contributed by atoms with van der Waals surface area (Å²) in [6, 6.07) is 18.0. The standard InChI is InChI=1S/C16H12N2O2/c19-16(20-15-5-2-1-3-6-15)13-7-9-14(10-8-13)18-12-4-11-17-18/h1-12H. The topological polar surface area (TPSA) is 44.1 Å². The van der Waals surface area contributed by atoms with Crippen molar-refractivity contribution in [2.45, 2.75) is 0 Å². The summed E-state index contributed by atoms with van der Waals surface area (Å²) in [6.07, 6.45) is 3.55. The first kappa shape index (κ1) is 12.2. The molecular weight excluding hydrogens is 252 g/mol. The van der Waals surface area contributed by atoms with Crippen molar-refractivity contribution in [2.24, 2.45) is 0 Å². The van der Waals surface area contributed by atoms with Crippen LogP contribution in [0.25, 0.3) is 5.69 Å². The van der Waals surface area contributed by atoms with E-state index in [2.05, 4.69) is 5.10 Å². The molecule has 0 radical (unpaired) electrons. The van der Waals surface area contributed by atoms with Crippen molar-refractivity contribution < 1.29 is 9.53 Å². The van der Waals surface area contributed by atoms with Crippen molar-refractivity contribution in [3.63, 3.8) is 0 Å². The zero-order valence-electron chi connectivity index (χ0n) is 10.6. The van der Waals surface area contributed by atoms with Crippen LogP contribution in [0.4, 0.5) is 0 Å². The maximum absolute atomic E-state index is 12.0.